The first kappa shape index (κ1) is 15.7. The van der Waals surface area contributed by atoms with Crippen molar-refractivity contribution in [1.29, 1.82) is 0 Å². The van der Waals surface area contributed by atoms with E-state index in [1.807, 2.05) is 17.0 Å². The second-order valence-corrected chi connectivity index (χ2v) is 5.92. The lowest BCUT2D eigenvalue weighted by molar-refractivity contribution is 0.0761. The Morgan fingerprint density at radius 1 is 1.22 bits per heavy atom. The van der Waals surface area contributed by atoms with Crippen LogP contribution >= 0.6 is 0 Å². The molecule has 0 radical (unpaired) electrons. The summed E-state index contributed by atoms with van der Waals surface area (Å²) in [5.74, 6) is -0.147. The SMILES string of the molecule is Cn1cc(C(=O)N2CCCN(Cc3ccccc3F)CC2)cn1. The van der Waals surface area contributed by atoms with Crippen LogP contribution in [0.3, 0.4) is 0 Å². The summed E-state index contributed by atoms with van der Waals surface area (Å²) in [7, 11) is 1.80. The van der Waals surface area contributed by atoms with E-state index >= 15 is 0 Å². The number of hydrogen-bond acceptors (Lipinski definition) is 3. The molecule has 2 heterocycles. The van der Waals surface area contributed by atoms with E-state index in [0.717, 1.165) is 26.1 Å². The highest BCUT2D eigenvalue weighted by Crippen LogP contribution is 2.13. The van der Waals surface area contributed by atoms with Gasteiger partial charge in [-0.2, -0.15) is 5.10 Å². The van der Waals surface area contributed by atoms with Crippen LogP contribution in [0.15, 0.2) is 36.7 Å². The summed E-state index contributed by atoms with van der Waals surface area (Å²) in [6.45, 7) is 3.58. The molecule has 2 aromatic rings. The minimum absolute atomic E-state index is 0.0193. The van der Waals surface area contributed by atoms with Crippen LogP contribution in [0.2, 0.25) is 0 Å². The highest BCUT2D eigenvalue weighted by molar-refractivity contribution is 5.93. The summed E-state index contributed by atoms with van der Waals surface area (Å²) >= 11 is 0. The number of rotatable bonds is 3. The van der Waals surface area contributed by atoms with E-state index < -0.39 is 0 Å². The quantitative estimate of drug-likeness (QED) is 0.868. The summed E-state index contributed by atoms with van der Waals surface area (Å²) in [6.07, 6.45) is 4.23. The molecule has 122 valence electrons. The lowest BCUT2D eigenvalue weighted by Crippen LogP contribution is -2.35. The number of aryl methyl sites for hydroxylation is 1. The van der Waals surface area contributed by atoms with Crippen molar-refractivity contribution in [2.45, 2.75) is 13.0 Å². The zero-order chi connectivity index (χ0) is 16.2. The third-order valence-electron chi connectivity index (χ3n) is 4.18. The largest absolute Gasteiger partial charge is 0.337 e. The molecule has 1 fully saturated rings. The summed E-state index contributed by atoms with van der Waals surface area (Å²) in [5.41, 5.74) is 1.33. The predicted molar refractivity (Wildman–Crippen MR) is 85.4 cm³/mol. The Morgan fingerprint density at radius 2 is 2.04 bits per heavy atom. The Morgan fingerprint density at radius 3 is 2.78 bits per heavy atom. The Labute approximate surface area is 135 Å². The van der Waals surface area contributed by atoms with Crippen molar-refractivity contribution in [3.63, 3.8) is 0 Å². The molecule has 0 aliphatic carbocycles. The number of carbonyl (C=O) groups excluding carboxylic acids is 1. The molecule has 0 spiro atoms. The maximum atomic E-state index is 13.8. The fourth-order valence-corrected chi connectivity index (χ4v) is 2.91. The molecule has 1 aliphatic rings. The van der Waals surface area contributed by atoms with Crippen molar-refractivity contribution in [2.75, 3.05) is 26.2 Å². The van der Waals surface area contributed by atoms with Crippen LogP contribution in [0.25, 0.3) is 0 Å². The molecule has 3 rings (SSSR count). The average molecular weight is 316 g/mol. The summed E-state index contributed by atoms with van der Waals surface area (Å²) < 4.78 is 15.4. The zero-order valence-electron chi connectivity index (χ0n) is 13.3. The lowest BCUT2D eigenvalue weighted by atomic mass is 10.2. The van der Waals surface area contributed by atoms with Crippen LogP contribution in [-0.4, -0.2) is 51.7 Å². The van der Waals surface area contributed by atoms with Crippen molar-refractivity contribution in [2.24, 2.45) is 7.05 Å². The van der Waals surface area contributed by atoms with E-state index in [1.54, 1.807) is 30.2 Å². The summed E-state index contributed by atoms with van der Waals surface area (Å²) in [5, 5.41) is 4.05. The predicted octanol–water partition coefficient (Wildman–Crippen LogP) is 1.91. The fraction of sp³-hybridized carbons (Fsp3) is 0.412. The van der Waals surface area contributed by atoms with Gasteiger partial charge >= 0.3 is 0 Å². The molecule has 1 amide bonds. The Balaban J connectivity index is 1.61. The van der Waals surface area contributed by atoms with Gasteiger partial charge in [-0.3, -0.25) is 14.4 Å². The molecule has 0 saturated carbocycles. The topological polar surface area (TPSA) is 41.4 Å². The number of benzene rings is 1. The highest BCUT2D eigenvalue weighted by Gasteiger charge is 2.21. The first-order valence-corrected chi connectivity index (χ1v) is 7.87. The lowest BCUT2D eigenvalue weighted by Gasteiger charge is -2.21. The van der Waals surface area contributed by atoms with Gasteiger partial charge in [0.25, 0.3) is 5.91 Å². The number of carbonyl (C=O) groups is 1. The maximum Gasteiger partial charge on any atom is 0.257 e. The monoisotopic (exact) mass is 316 g/mol. The fourth-order valence-electron chi connectivity index (χ4n) is 2.91. The molecule has 1 aliphatic heterocycles. The Kier molecular flexibility index (Phi) is 4.71. The van der Waals surface area contributed by atoms with E-state index in [4.69, 9.17) is 0 Å². The molecule has 23 heavy (non-hydrogen) atoms. The van der Waals surface area contributed by atoms with Gasteiger partial charge in [0.15, 0.2) is 0 Å². The number of halogens is 1. The van der Waals surface area contributed by atoms with Crippen molar-refractivity contribution in [1.82, 2.24) is 19.6 Å². The van der Waals surface area contributed by atoms with Crippen LogP contribution in [0.5, 0.6) is 0 Å². The van der Waals surface area contributed by atoms with Crippen molar-refractivity contribution >= 4 is 5.91 Å². The van der Waals surface area contributed by atoms with Crippen molar-refractivity contribution in [3.05, 3.63) is 53.6 Å². The van der Waals surface area contributed by atoms with Crippen LogP contribution in [-0.2, 0) is 13.6 Å². The van der Waals surface area contributed by atoms with Gasteiger partial charge in [0.1, 0.15) is 5.82 Å². The first-order valence-electron chi connectivity index (χ1n) is 7.87. The van der Waals surface area contributed by atoms with Crippen LogP contribution < -0.4 is 0 Å². The van der Waals surface area contributed by atoms with Crippen LogP contribution in [0.4, 0.5) is 4.39 Å². The molecule has 1 aromatic carbocycles. The standard InChI is InChI=1S/C17H21FN4O/c1-20-12-15(11-19-20)17(23)22-8-4-7-21(9-10-22)13-14-5-2-3-6-16(14)18/h2-3,5-6,11-12H,4,7-10,13H2,1H3. The third kappa shape index (κ3) is 3.76. The second-order valence-electron chi connectivity index (χ2n) is 5.92. The van der Waals surface area contributed by atoms with Crippen molar-refractivity contribution in [3.8, 4) is 0 Å². The summed E-state index contributed by atoms with van der Waals surface area (Å²) in [6, 6.07) is 6.87. The molecular formula is C17H21FN4O. The molecule has 6 heteroatoms. The van der Waals surface area contributed by atoms with Gasteiger partial charge in [0.05, 0.1) is 11.8 Å². The van der Waals surface area contributed by atoms with E-state index in [2.05, 4.69) is 10.00 Å². The second kappa shape index (κ2) is 6.91. The molecule has 1 saturated heterocycles. The highest BCUT2D eigenvalue weighted by atomic mass is 19.1. The van der Waals surface area contributed by atoms with Gasteiger partial charge < -0.3 is 4.90 Å². The Bertz CT molecular complexity index is 685. The Hall–Kier alpha value is -2.21. The molecule has 5 nitrogen and oxygen atoms in total. The smallest absolute Gasteiger partial charge is 0.257 e. The molecular weight excluding hydrogens is 295 g/mol. The number of amides is 1. The van der Waals surface area contributed by atoms with Gasteiger partial charge in [-0.1, -0.05) is 18.2 Å². The van der Waals surface area contributed by atoms with E-state index in [9.17, 15) is 9.18 Å². The number of hydrogen-bond donors (Lipinski definition) is 0. The van der Waals surface area contributed by atoms with E-state index in [0.29, 0.717) is 24.2 Å². The maximum absolute atomic E-state index is 13.8. The number of aromatic nitrogens is 2. The van der Waals surface area contributed by atoms with Crippen molar-refractivity contribution < 1.29 is 9.18 Å². The molecule has 0 unspecified atom stereocenters. The van der Waals surface area contributed by atoms with Gasteiger partial charge in [0, 0.05) is 51.5 Å². The van der Waals surface area contributed by atoms with Crippen LogP contribution in [0, 0.1) is 5.82 Å². The number of nitrogens with zero attached hydrogens (tertiary/aromatic N) is 4. The van der Waals surface area contributed by atoms with Gasteiger partial charge in [-0.05, 0) is 12.5 Å². The zero-order valence-corrected chi connectivity index (χ0v) is 13.3. The van der Waals surface area contributed by atoms with E-state index in [1.165, 1.54) is 6.07 Å². The third-order valence-corrected chi connectivity index (χ3v) is 4.18. The molecule has 0 N–H and O–H groups in total. The molecule has 1 aromatic heterocycles. The van der Waals surface area contributed by atoms with Gasteiger partial charge in [-0.25, -0.2) is 4.39 Å². The summed E-state index contributed by atoms with van der Waals surface area (Å²) in [4.78, 5) is 16.5. The normalized spacial score (nSPS) is 16.3. The average Bonchev–Trinajstić information content (AvgIpc) is 2.84. The first-order chi connectivity index (χ1) is 11.1. The van der Waals surface area contributed by atoms with Gasteiger partial charge in [-0.15, -0.1) is 0 Å². The minimum Gasteiger partial charge on any atom is -0.337 e. The van der Waals surface area contributed by atoms with E-state index in [-0.39, 0.29) is 11.7 Å². The molecule has 0 bridgehead atoms. The van der Waals surface area contributed by atoms with Gasteiger partial charge in [0.2, 0.25) is 0 Å². The minimum atomic E-state index is -0.167. The molecule has 0 atom stereocenters. The van der Waals surface area contributed by atoms with Crippen LogP contribution in [0.1, 0.15) is 22.3 Å².